The van der Waals surface area contributed by atoms with Crippen LogP contribution < -0.4 is 4.74 Å². The molecule has 0 aliphatic heterocycles. The van der Waals surface area contributed by atoms with E-state index in [0.29, 0.717) is 11.3 Å². The topological polar surface area (TPSA) is 43.4 Å². The summed E-state index contributed by atoms with van der Waals surface area (Å²) < 4.78 is 5.13. The molecule has 0 aliphatic rings. The van der Waals surface area contributed by atoms with Crippen molar-refractivity contribution in [3.8, 4) is 5.75 Å². The number of benzene rings is 1. The van der Waals surface area contributed by atoms with Crippen molar-refractivity contribution in [2.24, 2.45) is 0 Å². The SMILES string of the molecule is CC(=O)c1cccc(OC(=O)/C=C/c2cccs2)c1. The maximum atomic E-state index is 11.6. The molecule has 0 aliphatic carbocycles. The summed E-state index contributed by atoms with van der Waals surface area (Å²) in [5.74, 6) is -0.158. The van der Waals surface area contributed by atoms with Gasteiger partial charge in [-0.15, -0.1) is 11.3 Å². The van der Waals surface area contributed by atoms with E-state index in [4.69, 9.17) is 4.74 Å². The third kappa shape index (κ3) is 3.89. The van der Waals surface area contributed by atoms with Gasteiger partial charge in [-0.2, -0.15) is 0 Å². The number of ketones is 1. The van der Waals surface area contributed by atoms with Gasteiger partial charge in [0.1, 0.15) is 5.75 Å². The molecule has 1 aromatic carbocycles. The van der Waals surface area contributed by atoms with Gasteiger partial charge in [0.15, 0.2) is 5.78 Å². The molecule has 0 fully saturated rings. The van der Waals surface area contributed by atoms with Gasteiger partial charge in [0.05, 0.1) is 0 Å². The number of carbonyl (C=O) groups excluding carboxylic acids is 2. The van der Waals surface area contributed by atoms with Gasteiger partial charge in [0.2, 0.25) is 0 Å². The van der Waals surface area contributed by atoms with Crippen molar-refractivity contribution in [1.82, 2.24) is 0 Å². The number of Topliss-reactive ketones (excluding diaryl/α,β-unsaturated/α-hetero) is 1. The summed E-state index contributed by atoms with van der Waals surface area (Å²) in [5.41, 5.74) is 0.521. The Kier molecular flexibility index (Phi) is 4.26. The van der Waals surface area contributed by atoms with E-state index in [1.165, 1.54) is 24.3 Å². The van der Waals surface area contributed by atoms with Crippen LogP contribution in [0.15, 0.2) is 47.9 Å². The lowest BCUT2D eigenvalue weighted by Crippen LogP contribution is -2.04. The highest BCUT2D eigenvalue weighted by Crippen LogP contribution is 2.15. The van der Waals surface area contributed by atoms with Gasteiger partial charge in [0.25, 0.3) is 0 Å². The van der Waals surface area contributed by atoms with Crippen LogP contribution in [0.1, 0.15) is 22.2 Å². The maximum Gasteiger partial charge on any atom is 0.336 e. The normalized spacial score (nSPS) is 10.6. The molecule has 0 saturated heterocycles. The van der Waals surface area contributed by atoms with Gasteiger partial charge in [-0.05, 0) is 36.6 Å². The number of esters is 1. The van der Waals surface area contributed by atoms with Crippen molar-refractivity contribution in [1.29, 1.82) is 0 Å². The Balaban J connectivity index is 2.03. The number of carbonyl (C=O) groups is 2. The summed E-state index contributed by atoms with van der Waals surface area (Å²) in [6, 6.07) is 10.4. The zero-order valence-corrected chi connectivity index (χ0v) is 11.1. The fourth-order valence-corrected chi connectivity index (χ4v) is 2.08. The number of rotatable bonds is 4. The highest BCUT2D eigenvalue weighted by atomic mass is 32.1. The van der Waals surface area contributed by atoms with Crippen LogP contribution in [0.25, 0.3) is 6.08 Å². The van der Waals surface area contributed by atoms with E-state index in [1.54, 1.807) is 30.3 Å². The quantitative estimate of drug-likeness (QED) is 0.370. The van der Waals surface area contributed by atoms with E-state index in [9.17, 15) is 9.59 Å². The second kappa shape index (κ2) is 6.11. The second-order valence-electron chi connectivity index (χ2n) is 3.85. The third-order valence-corrected chi connectivity index (χ3v) is 3.22. The molecule has 2 rings (SSSR count). The highest BCUT2D eigenvalue weighted by Gasteiger charge is 2.04. The van der Waals surface area contributed by atoms with Gasteiger partial charge in [-0.25, -0.2) is 4.79 Å². The molecule has 0 spiro atoms. The molecular weight excluding hydrogens is 260 g/mol. The predicted octanol–water partition coefficient (Wildman–Crippen LogP) is 3.57. The second-order valence-corrected chi connectivity index (χ2v) is 4.83. The smallest absolute Gasteiger partial charge is 0.336 e. The van der Waals surface area contributed by atoms with Crippen LogP contribution >= 0.6 is 11.3 Å². The Bertz CT molecular complexity index is 612. The minimum Gasteiger partial charge on any atom is -0.423 e. The highest BCUT2D eigenvalue weighted by molar-refractivity contribution is 7.10. The summed E-state index contributed by atoms with van der Waals surface area (Å²) in [7, 11) is 0. The molecule has 3 nitrogen and oxygen atoms in total. The lowest BCUT2D eigenvalue weighted by molar-refractivity contribution is -0.128. The Labute approximate surface area is 115 Å². The fraction of sp³-hybridized carbons (Fsp3) is 0.0667. The largest absolute Gasteiger partial charge is 0.423 e. The average molecular weight is 272 g/mol. The standard InChI is InChI=1S/C15H12O3S/c1-11(16)12-4-2-5-13(10-12)18-15(17)8-7-14-6-3-9-19-14/h2-10H,1H3/b8-7+. The first-order chi connectivity index (χ1) is 9.15. The zero-order chi connectivity index (χ0) is 13.7. The molecule has 0 radical (unpaired) electrons. The van der Waals surface area contributed by atoms with E-state index < -0.39 is 5.97 Å². The minimum atomic E-state index is -0.464. The summed E-state index contributed by atoms with van der Waals surface area (Å²) in [4.78, 5) is 23.8. The Hall–Kier alpha value is -2.20. The molecule has 0 bridgehead atoms. The van der Waals surface area contributed by atoms with Gasteiger partial charge < -0.3 is 4.74 Å². The molecule has 1 heterocycles. The van der Waals surface area contributed by atoms with Crippen LogP contribution in [-0.2, 0) is 4.79 Å². The molecule has 96 valence electrons. The van der Waals surface area contributed by atoms with E-state index >= 15 is 0 Å². The Morgan fingerprint density at radius 3 is 2.74 bits per heavy atom. The molecule has 0 N–H and O–H groups in total. The van der Waals surface area contributed by atoms with Crippen molar-refractivity contribution in [2.75, 3.05) is 0 Å². The van der Waals surface area contributed by atoms with E-state index in [0.717, 1.165) is 4.88 Å². The maximum absolute atomic E-state index is 11.6. The molecule has 0 unspecified atom stereocenters. The van der Waals surface area contributed by atoms with Gasteiger partial charge in [-0.1, -0.05) is 18.2 Å². The zero-order valence-electron chi connectivity index (χ0n) is 10.3. The third-order valence-electron chi connectivity index (χ3n) is 2.39. The molecule has 0 saturated carbocycles. The minimum absolute atomic E-state index is 0.0629. The molecule has 0 atom stereocenters. The first-order valence-electron chi connectivity index (χ1n) is 5.69. The van der Waals surface area contributed by atoms with Crippen molar-refractivity contribution in [3.63, 3.8) is 0 Å². The lowest BCUT2D eigenvalue weighted by Gasteiger charge is -2.02. The Morgan fingerprint density at radius 1 is 1.21 bits per heavy atom. The molecule has 4 heteroatoms. The van der Waals surface area contributed by atoms with Crippen molar-refractivity contribution in [2.45, 2.75) is 6.92 Å². The fourth-order valence-electron chi connectivity index (χ4n) is 1.47. The van der Waals surface area contributed by atoms with Crippen LogP contribution in [0.5, 0.6) is 5.75 Å². The van der Waals surface area contributed by atoms with Crippen LogP contribution in [0, 0.1) is 0 Å². The number of thiophene rings is 1. The first-order valence-corrected chi connectivity index (χ1v) is 6.57. The summed E-state index contributed by atoms with van der Waals surface area (Å²) in [6.45, 7) is 1.47. The van der Waals surface area contributed by atoms with E-state index in [1.807, 2.05) is 17.5 Å². The number of hydrogen-bond acceptors (Lipinski definition) is 4. The van der Waals surface area contributed by atoms with Crippen molar-refractivity contribution in [3.05, 3.63) is 58.3 Å². The van der Waals surface area contributed by atoms with E-state index in [2.05, 4.69) is 0 Å². The first kappa shape index (κ1) is 13.2. The molecular formula is C15H12O3S. The molecule has 1 aromatic heterocycles. The average Bonchev–Trinajstić information content (AvgIpc) is 2.90. The van der Waals surface area contributed by atoms with Crippen LogP contribution in [0.4, 0.5) is 0 Å². The van der Waals surface area contributed by atoms with Gasteiger partial charge in [-0.3, -0.25) is 4.79 Å². The van der Waals surface area contributed by atoms with Crippen LogP contribution in [0.3, 0.4) is 0 Å². The number of hydrogen-bond donors (Lipinski definition) is 0. The summed E-state index contributed by atoms with van der Waals surface area (Å²) in [6.07, 6.45) is 3.06. The van der Waals surface area contributed by atoms with Gasteiger partial charge in [0, 0.05) is 16.5 Å². The molecule has 19 heavy (non-hydrogen) atoms. The van der Waals surface area contributed by atoms with Crippen molar-refractivity contribution < 1.29 is 14.3 Å². The summed E-state index contributed by atoms with van der Waals surface area (Å²) in [5, 5.41) is 1.93. The molecule has 0 amide bonds. The van der Waals surface area contributed by atoms with E-state index in [-0.39, 0.29) is 5.78 Å². The molecule has 2 aromatic rings. The lowest BCUT2D eigenvalue weighted by atomic mass is 10.1. The van der Waals surface area contributed by atoms with Gasteiger partial charge >= 0.3 is 5.97 Å². The Morgan fingerprint density at radius 2 is 2.05 bits per heavy atom. The van der Waals surface area contributed by atoms with Crippen LogP contribution in [0.2, 0.25) is 0 Å². The predicted molar refractivity (Wildman–Crippen MR) is 75.4 cm³/mol. The van der Waals surface area contributed by atoms with Crippen molar-refractivity contribution >= 4 is 29.2 Å². The monoisotopic (exact) mass is 272 g/mol. The number of ether oxygens (including phenoxy) is 1. The van der Waals surface area contributed by atoms with Crippen LogP contribution in [-0.4, -0.2) is 11.8 Å². The summed E-state index contributed by atoms with van der Waals surface area (Å²) >= 11 is 1.54.